The summed E-state index contributed by atoms with van der Waals surface area (Å²) in [7, 11) is 0. The fourth-order valence-electron chi connectivity index (χ4n) is 0.0333. The van der Waals surface area contributed by atoms with Gasteiger partial charge in [-0.1, -0.05) is 32.9 Å². The van der Waals surface area contributed by atoms with Gasteiger partial charge >= 0.3 is 0 Å². The van der Waals surface area contributed by atoms with E-state index in [0.717, 1.165) is 6.34 Å². The van der Waals surface area contributed by atoms with Crippen molar-refractivity contribution in [1.29, 1.82) is 5.41 Å². The van der Waals surface area contributed by atoms with Crippen LogP contribution in [0.4, 0.5) is 0 Å². The molecule has 0 amide bonds. The largest absolute Gasteiger partial charge is 0.305 e. The monoisotopic (exact) mass is 132 g/mol. The number of nitrogens with zero attached hydrogens (tertiary/aromatic N) is 2. The molecule has 0 atom stereocenters. The SMILES string of the molecule is CC.CC.N=CN=NN. The Kier molecular flexibility index (Phi) is 106. The van der Waals surface area contributed by atoms with Gasteiger partial charge in [0, 0.05) is 0 Å². The van der Waals surface area contributed by atoms with Crippen molar-refractivity contribution in [2.24, 2.45) is 16.2 Å². The van der Waals surface area contributed by atoms with E-state index in [9.17, 15) is 0 Å². The van der Waals surface area contributed by atoms with Gasteiger partial charge in [-0.2, -0.15) is 0 Å². The maximum Gasteiger partial charge on any atom is 0.131 e. The lowest BCUT2D eigenvalue weighted by molar-refractivity contribution is 1.09. The third-order valence-corrected chi connectivity index (χ3v) is 0.124. The van der Waals surface area contributed by atoms with E-state index < -0.39 is 0 Å². The molecule has 0 aromatic carbocycles. The molecule has 0 radical (unpaired) electrons. The smallest absolute Gasteiger partial charge is 0.131 e. The second-order valence-electron chi connectivity index (χ2n) is 0.360. The first-order valence-electron chi connectivity index (χ1n) is 3.01. The third-order valence-electron chi connectivity index (χ3n) is 0.124. The van der Waals surface area contributed by atoms with Crippen molar-refractivity contribution in [1.82, 2.24) is 0 Å². The van der Waals surface area contributed by atoms with E-state index in [-0.39, 0.29) is 0 Å². The number of nitrogens with one attached hydrogen (secondary N) is 1. The zero-order valence-electron chi connectivity index (χ0n) is 6.55. The first-order valence-corrected chi connectivity index (χ1v) is 3.01. The Labute approximate surface area is 56.7 Å². The molecule has 0 aliphatic heterocycles. The molecular formula is C5H16N4. The Hall–Kier alpha value is -0.930. The molecule has 0 heterocycles. The molecule has 0 aliphatic rings. The lowest BCUT2D eigenvalue weighted by Crippen LogP contribution is -1.72. The van der Waals surface area contributed by atoms with Gasteiger partial charge in [0.05, 0.1) is 0 Å². The summed E-state index contributed by atoms with van der Waals surface area (Å²) in [4.78, 5) is 0. The van der Waals surface area contributed by atoms with Crippen LogP contribution in [0.15, 0.2) is 10.3 Å². The number of hydrogen-bond donors (Lipinski definition) is 2. The Balaban J connectivity index is -0.0000000771. The fraction of sp³-hybridized carbons (Fsp3) is 0.800. The Morgan fingerprint density at radius 1 is 1.22 bits per heavy atom. The number of hydrogen-bond acceptors (Lipinski definition) is 2. The van der Waals surface area contributed by atoms with Crippen LogP contribution in [0.3, 0.4) is 0 Å². The number of nitrogens with two attached hydrogens (primary N) is 1. The lowest BCUT2D eigenvalue weighted by Gasteiger charge is -1.58. The van der Waals surface area contributed by atoms with Crippen LogP contribution in [0.5, 0.6) is 0 Å². The van der Waals surface area contributed by atoms with Crippen LogP contribution in [0.25, 0.3) is 0 Å². The predicted octanol–water partition coefficient (Wildman–Crippen LogP) is 1.97. The normalized spacial score (nSPS) is 6.22. The highest BCUT2D eigenvalue weighted by molar-refractivity contribution is 5.49. The highest BCUT2D eigenvalue weighted by Gasteiger charge is 1.42. The standard InChI is InChI=1S/2C2H6.CH4N4/c2*1-2;2-1-4-5-3/h2*1-2H3;1H,(H3,2,3,4). The molecule has 0 unspecified atom stereocenters. The molecule has 0 aromatic heterocycles. The van der Waals surface area contributed by atoms with E-state index in [1.165, 1.54) is 0 Å². The van der Waals surface area contributed by atoms with E-state index in [1.807, 2.05) is 27.7 Å². The molecular weight excluding hydrogens is 116 g/mol. The average Bonchev–Trinajstić information content (AvgIpc) is 1.98. The minimum Gasteiger partial charge on any atom is -0.305 e. The maximum atomic E-state index is 6.14. The predicted molar refractivity (Wildman–Crippen MR) is 40.5 cm³/mol. The van der Waals surface area contributed by atoms with Gasteiger partial charge in [0.25, 0.3) is 0 Å². The van der Waals surface area contributed by atoms with E-state index in [1.54, 1.807) is 0 Å². The molecule has 4 nitrogen and oxygen atoms in total. The molecule has 9 heavy (non-hydrogen) atoms. The molecule has 3 N–H and O–H groups in total. The second kappa shape index (κ2) is 60.8. The Morgan fingerprint density at radius 3 is 1.56 bits per heavy atom. The Morgan fingerprint density at radius 2 is 1.56 bits per heavy atom. The van der Waals surface area contributed by atoms with Crippen molar-refractivity contribution in [3.05, 3.63) is 0 Å². The molecule has 4 heteroatoms. The van der Waals surface area contributed by atoms with Gasteiger partial charge in [0.2, 0.25) is 0 Å². The van der Waals surface area contributed by atoms with E-state index in [2.05, 4.69) is 16.2 Å². The summed E-state index contributed by atoms with van der Waals surface area (Å²) < 4.78 is 0. The zero-order valence-corrected chi connectivity index (χ0v) is 6.55. The molecule has 0 bridgehead atoms. The molecule has 0 fully saturated rings. The lowest BCUT2D eigenvalue weighted by atomic mass is 11.0. The maximum absolute atomic E-state index is 6.14. The van der Waals surface area contributed by atoms with E-state index in [0.29, 0.717) is 0 Å². The molecule has 0 aromatic rings. The first kappa shape index (κ1) is 15.7. The van der Waals surface area contributed by atoms with Crippen LogP contribution >= 0.6 is 0 Å². The minimum atomic E-state index is 0.764. The fourth-order valence-corrected chi connectivity index (χ4v) is 0.0333. The van der Waals surface area contributed by atoms with Crippen LogP contribution < -0.4 is 5.84 Å². The van der Waals surface area contributed by atoms with Gasteiger partial charge in [0.1, 0.15) is 6.34 Å². The summed E-state index contributed by atoms with van der Waals surface area (Å²) in [5, 5.41) is 11.8. The second-order valence-corrected chi connectivity index (χ2v) is 0.360. The van der Waals surface area contributed by atoms with Crippen LogP contribution in [0.2, 0.25) is 0 Å². The van der Waals surface area contributed by atoms with Gasteiger partial charge < -0.3 is 5.84 Å². The summed E-state index contributed by atoms with van der Waals surface area (Å²) in [5.41, 5.74) is 0. The highest BCUT2D eigenvalue weighted by atomic mass is 15.3. The molecule has 0 saturated carbocycles. The zero-order chi connectivity index (χ0) is 8.12. The van der Waals surface area contributed by atoms with E-state index in [4.69, 9.17) is 5.41 Å². The van der Waals surface area contributed by atoms with Crippen molar-refractivity contribution in [2.45, 2.75) is 27.7 Å². The van der Waals surface area contributed by atoms with Gasteiger partial charge in [0.15, 0.2) is 0 Å². The van der Waals surface area contributed by atoms with Crippen LogP contribution in [-0.4, -0.2) is 6.34 Å². The van der Waals surface area contributed by atoms with Crippen molar-refractivity contribution in [3.8, 4) is 0 Å². The van der Waals surface area contributed by atoms with Crippen LogP contribution in [0.1, 0.15) is 27.7 Å². The average molecular weight is 132 g/mol. The minimum absolute atomic E-state index is 0.764. The van der Waals surface area contributed by atoms with Gasteiger partial charge in [-0.25, -0.2) is 0 Å². The molecule has 56 valence electrons. The van der Waals surface area contributed by atoms with Crippen molar-refractivity contribution < 1.29 is 0 Å². The van der Waals surface area contributed by atoms with Crippen LogP contribution in [-0.2, 0) is 0 Å². The summed E-state index contributed by atoms with van der Waals surface area (Å²) in [6.45, 7) is 8.00. The first-order chi connectivity index (χ1) is 4.41. The van der Waals surface area contributed by atoms with Crippen molar-refractivity contribution in [3.63, 3.8) is 0 Å². The van der Waals surface area contributed by atoms with Gasteiger partial charge in [-0.15, -0.1) is 5.11 Å². The molecule has 0 rings (SSSR count). The summed E-state index contributed by atoms with van der Waals surface area (Å²) >= 11 is 0. The topological polar surface area (TPSA) is 74.6 Å². The van der Waals surface area contributed by atoms with Gasteiger partial charge in [-0.3, -0.25) is 5.41 Å². The summed E-state index contributed by atoms with van der Waals surface area (Å²) in [5.74, 6) is 4.45. The van der Waals surface area contributed by atoms with Gasteiger partial charge in [-0.05, 0) is 0 Å². The number of rotatable bonds is 1. The molecule has 0 aliphatic carbocycles. The van der Waals surface area contributed by atoms with Crippen LogP contribution in [0, 0.1) is 5.41 Å². The molecule has 0 spiro atoms. The quantitative estimate of drug-likeness (QED) is 0.185. The third kappa shape index (κ3) is 159. The molecule has 0 saturated heterocycles. The van der Waals surface area contributed by atoms with Crippen molar-refractivity contribution in [2.75, 3.05) is 0 Å². The summed E-state index contributed by atoms with van der Waals surface area (Å²) in [6.07, 6.45) is 0.764. The Bertz CT molecular complexity index is 50.9. The highest BCUT2D eigenvalue weighted by Crippen LogP contribution is 1.47. The summed E-state index contributed by atoms with van der Waals surface area (Å²) in [6, 6.07) is 0. The van der Waals surface area contributed by atoms with E-state index >= 15 is 0 Å². The van der Waals surface area contributed by atoms with Crippen molar-refractivity contribution >= 4 is 6.34 Å².